The molecule has 0 aliphatic carbocycles. The third-order valence-electron chi connectivity index (χ3n) is 4.72. The van der Waals surface area contributed by atoms with Gasteiger partial charge in [0.2, 0.25) is 6.79 Å². The molecule has 0 saturated carbocycles. The van der Waals surface area contributed by atoms with E-state index in [1.807, 2.05) is 30.3 Å². The molecule has 0 atom stereocenters. The number of hydrogen-bond acceptors (Lipinski definition) is 4. The van der Waals surface area contributed by atoms with E-state index in [0.29, 0.717) is 17.1 Å². The van der Waals surface area contributed by atoms with Gasteiger partial charge in [0.05, 0.1) is 0 Å². The molecule has 0 radical (unpaired) electrons. The van der Waals surface area contributed by atoms with Crippen molar-refractivity contribution in [2.75, 3.05) is 23.6 Å². The van der Waals surface area contributed by atoms with Crippen molar-refractivity contribution >= 4 is 17.3 Å². The maximum absolute atomic E-state index is 12.5. The Hall–Kier alpha value is -3.47. The Kier molecular flexibility index (Phi) is 5.15. The van der Waals surface area contributed by atoms with Crippen LogP contribution in [-0.2, 0) is 6.54 Å². The number of hydrogen-bond donors (Lipinski definition) is 1. The monoisotopic (exact) mass is 374 g/mol. The van der Waals surface area contributed by atoms with Gasteiger partial charge in [0.1, 0.15) is 0 Å². The lowest BCUT2D eigenvalue weighted by molar-refractivity contribution is 0.102. The molecule has 28 heavy (non-hydrogen) atoms. The molecule has 5 heteroatoms. The number of anilines is 2. The molecule has 0 aromatic heterocycles. The van der Waals surface area contributed by atoms with E-state index in [2.05, 4.69) is 41.4 Å². The number of carbonyl (C=O) groups is 1. The predicted molar refractivity (Wildman–Crippen MR) is 110 cm³/mol. The van der Waals surface area contributed by atoms with Crippen molar-refractivity contribution in [2.45, 2.75) is 13.5 Å². The number of fused-ring (bicyclic) bond motifs is 1. The molecule has 1 heterocycles. The summed E-state index contributed by atoms with van der Waals surface area (Å²) in [6.07, 6.45) is 0. The zero-order valence-corrected chi connectivity index (χ0v) is 15.7. The Morgan fingerprint density at radius 3 is 2.46 bits per heavy atom. The summed E-state index contributed by atoms with van der Waals surface area (Å²) in [6, 6.07) is 23.5. The Bertz CT molecular complexity index is 955. The molecule has 3 aromatic rings. The summed E-state index contributed by atoms with van der Waals surface area (Å²) in [4.78, 5) is 14.8. The first-order valence-electron chi connectivity index (χ1n) is 9.33. The summed E-state index contributed by atoms with van der Waals surface area (Å²) in [5, 5.41) is 2.93. The predicted octanol–water partition coefficient (Wildman–Crippen LogP) is 4.69. The molecule has 1 amide bonds. The molecule has 1 aliphatic heterocycles. The SMILES string of the molecule is CCN(Cc1ccccc1)c1ccc(NC(=O)c2ccc3c(c2)OCO3)cc1. The second-order valence-electron chi connectivity index (χ2n) is 6.57. The van der Waals surface area contributed by atoms with Gasteiger partial charge in [0, 0.05) is 30.0 Å². The minimum atomic E-state index is -0.178. The smallest absolute Gasteiger partial charge is 0.255 e. The standard InChI is InChI=1S/C23H22N2O3/c1-2-25(15-17-6-4-3-5-7-17)20-11-9-19(10-12-20)24-23(26)18-8-13-21-22(14-18)28-16-27-21/h3-14H,2,15-16H2,1H3,(H,24,26). The van der Waals surface area contributed by atoms with Crippen LogP contribution in [0.2, 0.25) is 0 Å². The maximum atomic E-state index is 12.5. The Morgan fingerprint density at radius 1 is 0.964 bits per heavy atom. The molecule has 1 N–H and O–H groups in total. The first-order valence-corrected chi connectivity index (χ1v) is 9.33. The van der Waals surface area contributed by atoms with Crippen molar-refractivity contribution in [1.82, 2.24) is 0 Å². The fourth-order valence-electron chi connectivity index (χ4n) is 3.19. The number of amides is 1. The van der Waals surface area contributed by atoms with Crippen LogP contribution in [0.15, 0.2) is 72.8 Å². The lowest BCUT2D eigenvalue weighted by Gasteiger charge is -2.23. The fraction of sp³-hybridized carbons (Fsp3) is 0.174. The summed E-state index contributed by atoms with van der Waals surface area (Å²) >= 11 is 0. The highest BCUT2D eigenvalue weighted by atomic mass is 16.7. The van der Waals surface area contributed by atoms with Gasteiger partial charge in [-0.15, -0.1) is 0 Å². The first kappa shape index (κ1) is 17.9. The van der Waals surface area contributed by atoms with E-state index in [0.717, 1.165) is 24.5 Å². The normalized spacial score (nSPS) is 11.9. The van der Waals surface area contributed by atoms with Gasteiger partial charge in [0.25, 0.3) is 5.91 Å². The van der Waals surface area contributed by atoms with Gasteiger partial charge in [-0.1, -0.05) is 30.3 Å². The van der Waals surface area contributed by atoms with Gasteiger partial charge in [-0.3, -0.25) is 4.79 Å². The van der Waals surface area contributed by atoms with Crippen molar-refractivity contribution in [3.05, 3.63) is 83.9 Å². The number of nitrogens with zero attached hydrogens (tertiary/aromatic N) is 1. The van der Waals surface area contributed by atoms with E-state index in [9.17, 15) is 4.79 Å². The first-order chi connectivity index (χ1) is 13.7. The number of carbonyl (C=O) groups excluding carboxylic acids is 1. The molecule has 0 unspecified atom stereocenters. The van der Waals surface area contributed by atoms with Gasteiger partial charge < -0.3 is 19.7 Å². The van der Waals surface area contributed by atoms with Crippen LogP contribution in [0, 0.1) is 0 Å². The van der Waals surface area contributed by atoms with E-state index >= 15 is 0 Å². The highest BCUT2D eigenvalue weighted by molar-refractivity contribution is 6.04. The molecule has 0 bridgehead atoms. The highest BCUT2D eigenvalue weighted by Crippen LogP contribution is 2.32. The Balaban J connectivity index is 1.43. The second-order valence-corrected chi connectivity index (χ2v) is 6.57. The minimum Gasteiger partial charge on any atom is -0.454 e. The van der Waals surface area contributed by atoms with E-state index in [4.69, 9.17) is 9.47 Å². The van der Waals surface area contributed by atoms with Crippen molar-refractivity contribution in [1.29, 1.82) is 0 Å². The minimum absolute atomic E-state index is 0.178. The van der Waals surface area contributed by atoms with Crippen LogP contribution >= 0.6 is 0 Å². The van der Waals surface area contributed by atoms with Crippen molar-refractivity contribution in [3.63, 3.8) is 0 Å². The number of nitrogens with one attached hydrogen (secondary N) is 1. The van der Waals surface area contributed by atoms with E-state index in [-0.39, 0.29) is 12.7 Å². The highest BCUT2D eigenvalue weighted by Gasteiger charge is 2.16. The van der Waals surface area contributed by atoms with Crippen molar-refractivity contribution in [2.24, 2.45) is 0 Å². The van der Waals surface area contributed by atoms with E-state index in [1.54, 1.807) is 18.2 Å². The van der Waals surface area contributed by atoms with E-state index < -0.39 is 0 Å². The van der Waals surface area contributed by atoms with Gasteiger partial charge >= 0.3 is 0 Å². The topological polar surface area (TPSA) is 50.8 Å². The molecule has 0 fully saturated rings. The third kappa shape index (κ3) is 3.93. The third-order valence-corrected chi connectivity index (χ3v) is 4.72. The number of benzene rings is 3. The fourth-order valence-corrected chi connectivity index (χ4v) is 3.19. The van der Waals surface area contributed by atoms with Crippen molar-refractivity contribution in [3.8, 4) is 11.5 Å². The molecule has 142 valence electrons. The molecule has 4 rings (SSSR count). The van der Waals surface area contributed by atoms with Gasteiger partial charge in [-0.2, -0.15) is 0 Å². The molecule has 0 saturated heterocycles. The molecular weight excluding hydrogens is 352 g/mol. The largest absolute Gasteiger partial charge is 0.454 e. The number of ether oxygens (including phenoxy) is 2. The summed E-state index contributed by atoms with van der Waals surface area (Å²) in [5.41, 5.74) is 3.67. The molecule has 0 spiro atoms. The van der Waals surface area contributed by atoms with Crippen LogP contribution in [-0.4, -0.2) is 19.2 Å². The molecule has 3 aromatic carbocycles. The van der Waals surface area contributed by atoms with E-state index in [1.165, 1.54) is 5.56 Å². The maximum Gasteiger partial charge on any atom is 0.255 e. The van der Waals surface area contributed by atoms with Gasteiger partial charge in [-0.25, -0.2) is 0 Å². The van der Waals surface area contributed by atoms with Crippen LogP contribution in [0.5, 0.6) is 11.5 Å². The summed E-state index contributed by atoms with van der Waals surface area (Å²) in [7, 11) is 0. The quantitative estimate of drug-likeness (QED) is 0.680. The summed E-state index contributed by atoms with van der Waals surface area (Å²) < 4.78 is 10.6. The van der Waals surface area contributed by atoms with Gasteiger partial charge in [0.15, 0.2) is 11.5 Å². The zero-order chi connectivity index (χ0) is 19.3. The van der Waals surface area contributed by atoms with Crippen LogP contribution in [0.1, 0.15) is 22.8 Å². The van der Waals surface area contributed by atoms with Gasteiger partial charge in [-0.05, 0) is 55.0 Å². The van der Waals surface area contributed by atoms with Crippen molar-refractivity contribution < 1.29 is 14.3 Å². The Morgan fingerprint density at radius 2 is 1.71 bits per heavy atom. The van der Waals surface area contributed by atoms with Crippen LogP contribution < -0.4 is 19.7 Å². The van der Waals surface area contributed by atoms with Crippen LogP contribution in [0.25, 0.3) is 0 Å². The lowest BCUT2D eigenvalue weighted by Crippen LogP contribution is -2.21. The molecule has 1 aliphatic rings. The lowest BCUT2D eigenvalue weighted by atomic mass is 10.1. The summed E-state index contributed by atoms with van der Waals surface area (Å²) in [6.45, 7) is 4.08. The Labute approximate surface area is 164 Å². The number of rotatable bonds is 6. The zero-order valence-electron chi connectivity index (χ0n) is 15.7. The molecule has 5 nitrogen and oxygen atoms in total. The van der Waals surface area contributed by atoms with Crippen LogP contribution in [0.3, 0.4) is 0 Å². The summed E-state index contributed by atoms with van der Waals surface area (Å²) in [5.74, 6) is 1.09. The van der Waals surface area contributed by atoms with Crippen LogP contribution in [0.4, 0.5) is 11.4 Å². The second kappa shape index (κ2) is 8.05. The molecular formula is C23H22N2O3. The average molecular weight is 374 g/mol. The average Bonchev–Trinajstić information content (AvgIpc) is 3.21.